The van der Waals surface area contributed by atoms with E-state index in [2.05, 4.69) is 5.32 Å². The number of benzene rings is 1. The van der Waals surface area contributed by atoms with Gasteiger partial charge in [0.25, 0.3) is 0 Å². The normalized spacial score (nSPS) is 11.6. The Labute approximate surface area is 106 Å². The summed E-state index contributed by atoms with van der Waals surface area (Å²) in [5, 5.41) is 2.97. The van der Waals surface area contributed by atoms with E-state index in [-0.39, 0.29) is 0 Å². The molecule has 1 aromatic carbocycles. The fraction of sp³-hybridized carbons (Fsp3) is 0.200. The first kappa shape index (κ1) is 14.0. The second-order valence-electron chi connectivity index (χ2n) is 2.93. The molecule has 0 fully saturated rings. The van der Waals surface area contributed by atoms with Crippen molar-refractivity contribution >= 4 is 24.2 Å². The average molecular weight is 274 g/mol. The summed E-state index contributed by atoms with van der Waals surface area (Å²) in [6.07, 6.45) is 3.05. The fourth-order valence-corrected chi connectivity index (χ4v) is 1.97. The zero-order valence-electron chi connectivity index (χ0n) is 9.62. The summed E-state index contributed by atoms with van der Waals surface area (Å²) < 4.78 is 15.5. The lowest BCUT2D eigenvalue weighted by Crippen LogP contribution is -1.97. The zero-order chi connectivity index (χ0) is 12.7. The summed E-state index contributed by atoms with van der Waals surface area (Å²) in [6, 6.07) is 7.21. The van der Waals surface area contributed by atoms with Crippen molar-refractivity contribution in [2.24, 2.45) is 5.73 Å². The van der Waals surface area contributed by atoms with Gasteiger partial charge >= 0.3 is 6.72 Å². The van der Waals surface area contributed by atoms with E-state index >= 15 is 0 Å². The van der Waals surface area contributed by atoms with E-state index in [1.54, 1.807) is 18.3 Å². The Hall–Kier alpha value is -1.07. The Morgan fingerprint density at radius 2 is 1.82 bits per heavy atom. The van der Waals surface area contributed by atoms with Crippen LogP contribution in [0.15, 0.2) is 36.7 Å². The van der Waals surface area contributed by atoms with Crippen molar-refractivity contribution in [1.29, 1.82) is 0 Å². The molecule has 7 heteroatoms. The lowest BCUT2D eigenvalue weighted by atomic mass is 10.3. The van der Waals surface area contributed by atoms with Crippen LogP contribution in [0.1, 0.15) is 0 Å². The Morgan fingerprint density at radius 1 is 1.24 bits per heavy atom. The van der Waals surface area contributed by atoms with Crippen molar-refractivity contribution in [3.8, 4) is 5.75 Å². The largest absolute Gasteiger partial charge is 0.424 e. The van der Waals surface area contributed by atoms with Crippen molar-refractivity contribution in [3.63, 3.8) is 0 Å². The average Bonchev–Trinajstić information content (AvgIpc) is 2.38. The molecule has 0 aliphatic rings. The molecule has 0 amide bonds. The van der Waals surface area contributed by atoms with Gasteiger partial charge in [-0.2, -0.15) is 0 Å². The Bertz CT molecular complexity index is 414. The minimum atomic E-state index is -2.66. The Kier molecular flexibility index (Phi) is 5.44. The van der Waals surface area contributed by atoms with E-state index in [9.17, 15) is 0 Å². The van der Waals surface area contributed by atoms with Gasteiger partial charge in [-0.1, -0.05) is 0 Å². The monoisotopic (exact) mass is 274 g/mol. The standard InChI is InChI=1S/C10H15N2O3PS/c1-13-16(17,14-2)15-10-5-3-9(4-6-10)12-8-7-11/h3-8,12H,11H2,1-2H3/b8-7+. The van der Waals surface area contributed by atoms with E-state index in [1.165, 1.54) is 20.4 Å². The Balaban J connectivity index is 2.71. The fourth-order valence-electron chi connectivity index (χ4n) is 1.03. The van der Waals surface area contributed by atoms with Crippen LogP contribution in [0.2, 0.25) is 0 Å². The van der Waals surface area contributed by atoms with Crippen LogP contribution in [-0.2, 0) is 20.9 Å². The number of nitrogens with two attached hydrogens (primary N) is 1. The molecule has 0 spiro atoms. The quantitative estimate of drug-likeness (QED) is 0.777. The smallest absolute Gasteiger partial charge is 0.380 e. The van der Waals surface area contributed by atoms with Crippen LogP contribution < -0.4 is 15.6 Å². The highest BCUT2D eigenvalue weighted by Crippen LogP contribution is 2.48. The minimum absolute atomic E-state index is 0.597. The molecule has 0 aliphatic heterocycles. The third kappa shape index (κ3) is 4.36. The van der Waals surface area contributed by atoms with Crippen LogP contribution in [0.3, 0.4) is 0 Å². The van der Waals surface area contributed by atoms with Crippen molar-refractivity contribution in [3.05, 3.63) is 36.7 Å². The van der Waals surface area contributed by atoms with Gasteiger partial charge in [-0.15, -0.1) is 0 Å². The highest BCUT2D eigenvalue weighted by Gasteiger charge is 2.17. The van der Waals surface area contributed by atoms with Gasteiger partial charge in [-0.3, -0.25) is 0 Å². The first-order valence-corrected chi connectivity index (χ1v) is 7.33. The van der Waals surface area contributed by atoms with Crippen molar-refractivity contribution in [1.82, 2.24) is 0 Å². The lowest BCUT2D eigenvalue weighted by Gasteiger charge is -2.18. The van der Waals surface area contributed by atoms with E-state index in [4.69, 9.17) is 31.1 Å². The summed E-state index contributed by atoms with van der Waals surface area (Å²) in [6.45, 7) is -2.66. The molecule has 0 radical (unpaired) electrons. The highest BCUT2D eigenvalue weighted by atomic mass is 32.5. The van der Waals surface area contributed by atoms with Crippen LogP contribution in [-0.4, -0.2) is 14.2 Å². The van der Waals surface area contributed by atoms with Gasteiger partial charge in [-0.05, 0) is 24.3 Å². The molecular formula is C10H15N2O3PS. The second kappa shape index (κ2) is 6.61. The number of anilines is 1. The predicted octanol–water partition coefficient (Wildman–Crippen LogP) is 2.42. The SMILES string of the molecule is COP(=S)(OC)Oc1ccc(N/C=C/N)cc1. The molecule has 3 N–H and O–H groups in total. The topological polar surface area (TPSA) is 65.7 Å². The number of hydrogen-bond acceptors (Lipinski definition) is 6. The molecule has 0 bridgehead atoms. The lowest BCUT2D eigenvalue weighted by molar-refractivity contribution is 0.273. The van der Waals surface area contributed by atoms with Crippen LogP contribution in [0.5, 0.6) is 5.75 Å². The van der Waals surface area contributed by atoms with E-state index in [1.807, 2.05) is 12.1 Å². The molecule has 17 heavy (non-hydrogen) atoms. The molecule has 0 heterocycles. The Morgan fingerprint density at radius 3 is 2.29 bits per heavy atom. The molecule has 5 nitrogen and oxygen atoms in total. The summed E-state index contributed by atoms with van der Waals surface area (Å²) in [7, 11) is 2.93. The van der Waals surface area contributed by atoms with Crippen LogP contribution in [0.25, 0.3) is 0 Å². The number of nitrogens with one attached hydrogen (secondary N) is 1. The number of hydrogen-bond donors (Lipinski definition) is 2. The van der Waals surface area contributed by atoms with Gasteiger partial charge in [0.2, 0.25) is 0 Å². The molecule has 0 unspecified atom stereocenters. The van der Waals surface area contributed by atoms with Gasteiger partial charge in [0, 0.05) is 44.1 Å². The summed E-state index contributed by atoms with van der Waals surface area (Å²) in [5.41, 5.74) is 6.11. The zero-order valence-corrected chi connectivity index (χ0v) is 11.3. The molecule has 1 rings (SSSR count). The third-order valence-corrected chi connectivity index (χ3v) is 4.31. The van der Waals surface area contributed by atoms with E-state index in [0.29, 0.717) is 5.75 Å². The molecule has 0 saturated heterocycles. The molecule has 94 valence electrons. The first-order chi connectivity index (χ1) is 8.13. The van der Waals surface area contributed by atoms with Crippen molar-refractivity contribution in [2.75, 3.05) is 19.5 Å². The maximum Gasteiger partial charge on any atom is 0.380 e. The van der Waals surface area contributed by atoms with Gasteiger partial charge in [0.1, 0.15) is 5.75 Å². The molecular weight excluding hydrogens is 259 g/mol. The minimum Gasteiger partial charge on any atom is -0.424 e. The van der Waals surface area contributed by atoms with Crippen molar-refractivity contribution < 1.29 is 13.6 Å². The predicted molar refractivity (Wildman–Crippen MR) is 72.3 cm³/mol. The third-order valence-electron chi connectivity index (χ3n) is 1.86. The number of rotatable bonds is 6. The van der Waals surface area contributed by atoms with E-state index < -0.39 is 6.72 Å². The van der Waals surface area contributed by atoms with Gasteiger partial charge in [0.05, 0.1) is 0 Å². The van der Waals surface area contributed by atoms with Crippen molar-refractivity contribution in [2.45, 2.75) is 0 Å². The second-order valence-corrected chi connectivity index (χ2v) is 6.08. The maximum atomic E-state index is 5.47. The van der Waals surface area contributed by atoms with Gasteiger partial charge in [0.15, 0.2) is 0 Å². The molecule has 0 saturated carbocycles. The highest BCUT2D eigenvalue weighted by molar-refractivity contribution is 8.07. The molecule has 0 aliphatic carbocycles. The molecule has 0 atom stereocenters. The summed E-state index contributed by atoms with van der Waals surface area (Å²) >= 11 is 5.09. The maximum absolute atomic E-state index is 5.47. The van der Waals surface area contributed by atoms with E-state index in [0.717, 1.165) is 5.69 Å². The summed E-state index contributed by atoms with van der Waals surface area (Å²) in [5.74, 6) is 0.597. The van der Waals surface area contributed by atoms with Crippen LogP contribution in [0.4, 0.5) is 5.69 Å². The van der Waals surface area contributed by atoms with Crippen LogP contribution >= 0.6 is 6.72 Å². The van der Waals surface area contributed by atoms with Gasteiger partial charge in [-0.25, -0.2) is 0 Å². The van der Waals surface area contributed by atoms with Gasteiger partial charge < -0.3 is 24.6 Å². The van der Waals surface area contributed by atoms with Crippen LogP contribution in [0, 0.1) is 0 Å². The first-order valence-electron chi connectivity index (χ1n) is 4.78. The summed E-state index contributed by atoms with van der Waals surface area (Å²) in [4.78, 5) is 0. The molecule has 1 aromatic rings. The molecule has 0 aromatic heterocycles.